The van der Waals surface area contributed by atoms with Gasteiger partial charge in [-0.3, -0.25) is 9.59 Å². The van der Waals surface area contributed by atoms with Crippen LogP contribution in [0.4, 0.5) is 0 Å². The maximum atomic E-state index is 11.5. The minimum Gasteiger partial charge on any atom is -0.464 e. The number of ketones is 2. The summed E-state index contributed by atoms with van der Waals surface area (Å²) in [5.74, 6) is 1.29. The van der Waals surface area contributed by atoms with Crippen molar-refractivity contribution >= 4 is 11.6 Å². The zero-order valence-corrected chi connectivity index (χ0v) is 11.4. The molecule has 0 saturated carbocycles. The summed E-state index contributed by atoms with van der Waals surface area (Å²) in [7, 11) is 0. The Morgan fingerprint density at radius 3 is 1.41 bits per heavy atom. The highest BCUT2D eigenvalue weighted by atomic mass is 16.3. The molecule has 1 aromatic heterocycles. The Balaban J connectivity index is 3.17. The average molecular weight is 236 g/mol. The van der Waals surface area contributed by atoms with Crippen LogP contribution in [0.15, 0.2) is 16.5 Å². The van der Waals surface area contributed by atoms with Crippen molar-refractivity contribution in [3.63, 3.8) is 0 Å². The fraction of sp³-hybridized carbons (Fsp3) is 0.571. The molecule has 0 N–H and O–H groups in total. The van der Waals surface area contributed by atoms with Gasteiger partial charge in [-0.05, 0) is 53.7 Å². The fourth-order valence-electron chi connectivity index (χ4n) is 1.36. The van der Waals surface area contributed by atoms with Crippen LogP contribution in [0.25, 0.3) is 0 Å². The molecular formula is C14H20O3. The van der Waals surface area contributed by atoms with E-state index in [1.165, 1.54) is 13.8 Å². The highest BCUT2D eigenvalue weighted by Gasteiger charge is 2.34. The molecule has 1 rings (SSSR count). The maximum Gasteiger partial charge on any atom is 0.142 e. The number of Topliss-reactive ketones (excluding diaryl/α,β-unsaturated/α-hetero) is 2. The lowest BCUT2D eigenvalue weighted by molar-refractivity contribution is -0.121. The normalized spacial score (nSPS) is 12.6. The van der Waals surface area contributed by atoms with E-state index in [0.717, 1.165) is 0 Å². The van der Waals surface area contributed by atoms with Gasteiger partial charge in [-0.15, -0.1) is 0 Å². The molecule has 94 valence electrons. The van der Waals surface area contributed by atoms with E-state index in [1.54, 1.807) is 12.1 Å². The van der Waals surface area contributed by atoms with Crippen LogP contribution in [-0.4, -0.2) is 11.6 Å². The summed E-state index contributed by atoms with van der Waals surface area (Å²) in [5, 5.41) is 0. The Morgan fingerprint density at radius 1 is 0.882 bits per heavy atom. The van der Waals surface area contributed by atoms with Gasteiger partial charge in [-0.25, -0.2) is 0 Å². The largest absolute Gasteiger partial charge is 0.464 e. The van der Waals surface area contributed by atoms with E-state index in [9.17, 15) is 9.59 Å². The minimum atomic E-state index is -0.648. The van der Waals surface area contributed by atoms with Gasteiger partial charge in [-0.2, -0.15) is 0 Å². The number of furan rings is 1. The van der Waals surface area contributed by atoms with E-state index >= 15 is 0 Å². The van der Waals surface area contributed by atoms with Gasteiger partial charge in [-0.1, -0.05) is 0 Å². The molecule has 0 aliphatic carbocycles. The van der Waals surface area contributed by atoms with Crippen molar-refractivity contribution in [3.8, 4) is 0 Å². The van der Waals surface area contributed by atoms with Gasteiger partial charge >= 0.3 is 0 Å². The Morgan fingerprint density at radius 2 is 1.18 bits per heavy atom. The molecule has 17 heavy (non-hydrogen) atoms. The Hall–Kier alpha value is -1.38. The van der Waals surface area contributed by atoms with Gasteiger partial charge < -0.3 is 4.42 Å². The van der Waals surface area contributed by atoms with E-state index in [0.29, 0.717) is 11.5 Å². The monoisotopic (exact) mass is 236 g/mol. The van der Waals surface area contributed by atoms with Gasteiger partial charge in [0.15, 0.2) is 0 Å². The first-order chi connectivity index (χ1) is 7.60. The Labute approximate surface area is 102 Å². The molecule has 0 aliphatic heterocycles. The first-order valence-electron chi connectivity index (χ1n) is 5.73. The summed E-state index contributed by atoms with van der Waals surface area (Å²) < 4.78 is 5.69. The second-order valence-corrected chi connectivity index (χ2v) is 5.53. The number of hydrogen-bond donors (Lipinski definition) is 0. The Bertz CT molecular complexity index is 409. The van der Waals surface area contributed by atoms with Crippen LogP contribution < -0.4 is 0 Å². The molecule has 0 atom stereocenters. The van der Waals surface area contributed by atoms with Crippen molar-refractivity contribution in [3.05, 3.63) is 23.7 Å². The maximum absolute atomic E-state index is 11.5. The smallest absolute Gasteiger partial charge is 0.142 e. The van der Waals surface area contributed by atoms with Crippen LogP contribution in [0.2, 0.25) is 0 Å². The zero-order chi connectivity index (χ0) is 13.4. The summed E-state index contributed by atoms with van der Waals surface area (Å²) in [4.78, 5) is 23.1. The van der Waals surface area contributed by atoms with Gasteiger partial charge in [0.25, 0.3) is 0 Å². The summed E-state index contributed by atoms with van der Waals surface area (Å²) in [6.07, 6.45) is 0. The van der Waals surface area contributed by atoms with Gasteiger partial charge in [0, 0.05) is 0 Å². The summed E-state index contributed by atoms with van der Waals surface area (Å²) >= 11 is 0. The predicted molar refractivity (Wildman–Crippen MR) is 66.1 cm³/mol. The van der Waals surface area contributed by atoms with E-state index < -0.39 is 10.8 Å². The second-order valence-electron chi connectivity index (χ2n) is 5.53. The van der Waals surface area contributed by atoms with Crippen molar-refractivity contribution in [1.82, 2.24) is 0 Å². The number of hydrogen-bond acceptors (Lipinski definition) is 3. The van der Waals surface area contributed by atoms with Crippen LogP contribution in [0.5, 0.6) is 0 Å². The van der Waals surface area contributed by atoms with Crippen molar-refractivity contribution in [2.45, 2.75) is 52.4 Å². The third-order valence-corrected chi connectivity index (χ3v) is 3.60. The van der Waals surface area contributed by atoms with Crippen LogP contribution in [0.3, 0.4) is 0 Å². The quantitative estimate of drug-likeness (QED) is 0.807. The lowest BCUT2D eigenvalue weighted by Crippen LogP contribution is -2.27. The van der Waals surface area contributed by atoms with E-state index in [2.05, 4.69) is 0 Å². The molecule has 1 heterocycles. The molecule has 0 aliphatic rings. The predicted octanol–water partition coefficient (Wildman–Crippen LogP) is 3.01. The third-order valence-electron chi connectivity index (χ3n) is 3.60. The highest BCUT2D eigenvalue weighted by Crippen LogP contribution is 2.32. The van der Waals surface area contributed by atoms with E-state index in [-0.39, 0.29) is 11.6 Å². The average Bonchev–Trinajstić information content (AvgIpc) is 2.66. The van der Waals surface area contributed by atoms with Gasteiger partial charge in [0.1, 0.15) is 23.1 Å². The summed E-state index contributed by atoms with van der Waals surface area (Å²) in [5.41, 5.74) is -1.30. The molecule has 0 radical (unpaired) electrons. The molecule has 3 heteroatoms. The molecule has 1 aromatic rings. The van der Waals surface area contributed by atoms with Gasteiger partial charge in [0.05, 0.1) is 10.8 Å². The molecule has 0 fully saturated rings. The SMILES string of the molecule is CC(=O)C(C)(C)c1ccc(C(C)(C)C(C)=O)o1. The third kappa shape index (κ3) is 2.33. The molecule has 3 nitrogen and oxygen atoms in total. The van der Waals surface area contributed by atoms with Gasteiger partial charge in [0.2, 0.25) is 0 Å². The molecule has 0 aromatic carbocycles. The van der Waals surface area contributed by atoms with Crippen molar-refractivity contribution in [2.75, 3.05) is 0 Å². The van der Waals surface area contributed by atoms with E-state index in [1.807, 2.05) is 27.7 Å². The van der Waals surface area contributed by atoms with Crippen LogP contribution in [-0.2, 0) is 20.4 Å². The lowest BCUT2D eigenvalue weighted by Gasteiger charge is -2.20. The number of carbonyl (C=O) groups is 2. The van der Waals surface area contributed by atoms with Crippen LogP contribution in [0.1, 0.15) is 53.1 Å². The van der Waals surface area contributed by atoms with E-state index in [4.69, 9.17) is 4.42 Å². The molecule has 0 spiro atoms. The molecule has 0 bridgehead atoms. The first kappa shape index (κ1) is 13.7. The zero-order valence-electron chi connectivity index (χ0n) is 11.4. The molecular weight excluding hydrogens is 216 g/mol. The first-order valence-corrected chi connectivity index (χ1v) is 5.73. The topological polar surface area (TPSA) is 47.3 Å². The summed E-state index contributed by atoms with van der Waals surface area (Å²) in [6, 6.07) is 3.56. The van der Waals surface area contributed by atoms with Crippen molar-refractivity contribution < 1.29 is 14.0 Å². The van der Waals surface area contributed by atoms with Crippen LogP contribution in [0, 0.1) is 0 Å². The highest BCUT2D eigenvalue weighted by molar-refractivity contribution is 5.87. The fourth-order valence-corrected chi connectivity index (χ4v) is 1.36. The van der Waals surface area contributed by atoms with Crippen molar-refractivity contribution in [1.29, 1.82) is 0 Å². The van der Waals surface area contributed by atoms with Crippen LogP contribution >= 0.6 is 0 Å². The molecule has 0 saturated heterocycles. The lowest BCUT2D eigenvalue weighted by atomic mass is 9.86. The standard InChI is InChI=1S/C14H20O3/c1-9(15)13(3,4)11-7-8-12(17-11)14(5,6)10(2)16/h7-8H,1-6H3. The Kier molecular flexibility index (Phi) is 3.33. The second kappa shape index (κ2) is 4.13. The number of carbonyl (C=O) groups excluding carboxylic acids is 2. The number of rotatable bonds is 4. The molecule has 0 amide bonds. The summed E-state index contributed by atoms with van der Waals surface area (Å²) in [6.45, 7) is 10.4. The minimum absolute atomic E-state index is 0.0408. The van der Waals surface area contributed by atoms with Crippen molar-refractivity contribution in [2.24, 2.45) is 0 Å². The molecule has 0 unspecified atom stereocenters.